The minimum absolute atomic E-state index is 0.0184. The number of carbonyl (C=O) groups excluding carboxylic acids is 2. The number of hydrogen-bond donors (Lipinski definition) is 3. The van der Waals surface area contributed by atoms with Crippen molar-refractivity contribution in [3.8, 4) is 11.1 Å². The van der Waals surface area contributed by atoms with Gasteiger partial charge in [-0.15, -0.1) is 0 Å². The Kier molecular flexibility index (Phi) is 8.98. The molecule has 0 aliphatic heterocycles. The molecule has 1 aliphatic carbocycles. The number of alkyl carbamates (subject to hydrolysis) is 1. The largest absolute Gasteiger partial charge is 0.481 e. The fourth-order valence-corrected chi connectivity index (χ4v) is 4.80. The summed E-state index contributed by atoms with van der Waals surface area (Å²) in [5.41, 5.74) is 4.43. The molecule has 0 saturated heterocycles. The molecule has 3 N–H and O–H groups in total. The van der Waals surface area contributed by atoms with Gasteiger partial charge in [0, 0.05) is 24.1 Å². The summed E-state index contributed by atoms with van der Waals surface area (Å²) in [5, 5.41) is 14.9. The number of hydrogen-bond acceptors (Lipinski definition) is 5. The third kappa shape index (κ3) is 6.76. The molecular weight excluding hydrogens is 452 g/mol. The highest BCUT2D eigenvalue weighted by Crippen LogP contribution is 2.44. The summed E-state index contributed by atoms with van der Waals surface area (Å²) >= 11 is 1.72. The fourth-order valence-electron chi connectivity index (χ4n) is 4.04. The Bertz CT molecular complexity index is 980. The molecule has 2 amide bonds. The number of benzene rings is 2. The maximum Gasteiger partial charge on any atom is 0.407 e. The molecule has 8 heteroatoms. The molecule has 182 valence electrons. The van der Waals surface area contributed by atoms with E-state index in [9.17, 15) is 14.4 Å². The third-order valence-electron chi connectivity index (χ3n) is 5.67. The summed E-state index contributed by atoms with van der Waals surface area (Å²) in [7, 11) is 0. The second-order valence-electron chi connectivity index (χ2n) is 8.75. The first-order chi connectivity index (χ1) is 16.3. The van der Waals surface area contributed by atoms with Crippen LogP contribution in [0, 0.1) is 0 Å². The lowest BCUT2D eigenvalue weighted by molar-refractivity contribution is -0.137. The van der Waals surface area contributed by atoms with Crippen LogP contribution in [-0.4, -0.2) is 52.8 Å². The minimum Gasteiger partial charge on any atom is -0.481 e. The molecule has 0 fully saturated rings. The molecule has 1 aliphatic rings. The highest BCUT2D eigenvalue weighted by atomic mass is 32.2. The zero-order valence-electron chi connectivity index (χ0n) is 19.7. The van der Waals surface area contributed by atoms with E-state index in [1.165, 1.54) is 0 Å². The van der Waals surface area contributed by atoms with Gasteiger partial charge in [-0.3, -0.25) is 9.59 Å². The van der Waals surface area contributed by atoms with Crippen molar-refractivity contribution in [2.24, 2.45) is 0 Å². The predicted octanol–water partition coefficient (Wildman–Crippen LogP) is 4.40. The Labute approximate surface area is 204 Å². The molecule has 0 saturated carbocycles. The standard InChI is InChI=1S/C26H32N2O5S/c1-16(2)34-15-17(3)27-25(31)23(12-13-24(29)30)28-26(32)33-14-22-20-10-6-4-8-18(20)19-9-5-7-11-21(19)22/h4-11,16-17,22-23H,12-15H2,1-3H3,(H,27,31)(H,28,32)(H,29,30). The van der Waals surface area contributed by atoms with E-state index in [0.717, 1.165) is 28.0 Å². The number of rotatable bonds is 11. The van der Waals surface area contributed by atoms with Gasteiger partial charge in [0.15, 0.2) is 0 Å². The molecule has 2 atom stereocenters. The van der Waals surface area contributed by atoms with Gasteiger partial charge in [-0.2, -0.15) is 11.8 Å². The minimum atomic E-state index is -1.03. The number of amides is 2. The van der Waals surface area contributed by atoms with Gasteiger partial charge in [-0.05, 0) is 40.8 Å². The first kappa shape index (κ1) is 25.6. The van der Waals surface area contributed by atoms with E-state index in [1.807, 2.05) is 43.3 Å². The van der Waals surface area contributed by atoms with E-state index < -0.39 is 24.0 Å². The lowest BCUT2D eigenvalue weighted by Crippen LogP contribution is -2.50. The highest BCUT2D eigenvalue weighted by Gasteiger charge is 2.30. The van der Waals surface area contributed by atoms with Crippen LogP contribution in [0.1, 0.15) is 50.7 Å². The van der Waals surface area contributed by atoms with E-state index in [1.54, 1.807) is 11.8 Å². The number of ether oxygens (including phenoxy) is 1. The molecule has 0 radical (unpaired) electrons. The van der Waals surface area contributed by atoms with Crippen molar-refractivity contribution in [1.82, 2.24) is 10.6 Å². The quantitative estimate of drug-likeness (QED) is 0.437. The average molecular weight is 485 g/mol. The van der Waals surface area contributed by atoms with Gasteiger partial charge < -0.3 is 20.5 Å². The number of carboxylic acid groups (broad SMARTS) is 1. The van der Waals surface area contributed by atoms with Gasteiger partial charge >= 0.3 is 12.1 Å². The second-order valence-corrected chi connectivity index (χ2v) is 10.4. The molecule has 0 aromatic heterocycles. The molecule has 2 aromatic carbocycles. The van der Waals surface area contributed by atoms with Crippen LogP contribution in [0.4, 0.5) is 4.79 Å². The van der Waals surface area contributed by atoms with Crippen molar-refractivity contribution in [1.29, 1.82) is 0 Å². The van der Waals surface area contributed by atoms with Crippen molar-refractivity contribution in [2.45, 2.75) is 56.9 Å². The average Bonchev–Trinajstić information content (AvgIpc) is 3.12. The van der Waals surface area contributed by atoms with Gasteiger partial charge in [0.1, 0.15) is 12.6 Å². The van der Waals surface area contributed by atoms with Crippen molar-refractivity contribution in [2.75, 3.05) is 12.4 Å². The molecule has 2 aromatic rings. The molecule has 3 rings (SSSR count). The van der Waals surface area contributed by atoms with E-state index in [-0.39, 0.29) is 31.4 Å². The highest BCUT2D eigenvalue weighted by molar-refractivity contribution is 7.99. The van der Waals surface area contributed by atoms with Crippen molar-refractivity contribution in [3.63, 3.8) is 0 Å². The van der Waals surface area contributed by atoms with Gasteiger partial charge in [0.25, 0.3) is 0 Å². The third-order valence-corrected chi connectivity index (χ3v) is 7.03. The fraction of sp³-hybridized carbons (Fsp3) is 0.423. The number of nitrogens with one attached hydrogen (secondary N) is 2. The summed E-state index contributed by atoms with van der Waals surface area (Å²) in [6, 6.07) is 15.0. The molecule has 0 spiro atoms. The predicted molar refractivity (Wildman–Crippen MR) is 134 cm³/mol. The molecule has 0 heterocycles. The number of thioether (sulfide) groups is 1. The summed E-state index contributed by atoms with van der Waals surface area (Å²) in [4.78, 5) is 36.4. The Balaban J connectivity index is 1.62. The van der Waals surface area contributed by atoms with E-state index >= 15 is 0 Å². The summed E-state index contributed by atoms with van der Waals surface area (Å²) in [6.07, 6.45) is -0.997. The first-order valence-corrected chi connectivity index (χ1v) is 12.6. The van der Waals surface area contributed by atoms with Crippen LogP contribution in [0.5, 0.6) is 0 Å². The van der Waals surface area contributed by atoms with Crippen LogP contribution in [0.3, 0.4) is 0 Å². The zero-order chi connectivity index (χ0) is 24.7. The number of carbonyl (C=O) groups is 3. The summed E-state index contributed by atoms with van der Waals surface area (Å²) in [6.45, 7) is 6.16. The van der Waals surface area contributed by atoms with E-state index in [2.05, 4.69) is 36.6 Å². The lowest BCUT2D eigenvalue weighted by Gasteiger charge is -2.22. The van der Waals surface area contributed by atoms with Crippen LogP contribution in [0.2, 0.25) is 0 Å². The van der Waals surface area contributed by atoms with Crippen molar-refractivity contribution < 1.29 is 24.2 Å². The summed E-state index contributed by atoms with van der Waals surface area (Å²) < 4.78 is 5.53. The normalized spacial score (nSPS) is 14.1. The van der Waals surface area contributed by atoms with Crippen molar-refractivity contribution >= 4 is 29.7 Å². The SMILES string of the molecule is CC(CSC(C)C)NC(=O)C(CCC(=O)O)NC(=O)OCC1c2ccccc2-c2ccccc21. The second kappa shape index (κ2) is 11.9. The maximum absolute atomic E-state index is 12.8. The molecule has 7 nitrogen and oxygen atoms in total. The van der Waals surface area contributed by atoms with Gasteiger partial charge in [0.05, 0.1) is 0 Å². The van der Waals surface area contributed by atoms with Crippen LogP contribution in [0.25, 0.3) is 11.1 Å². The van der Waals surface area contributed by atoms with Gasteiger partial charge in [-0.1, -0.05) is 62.4 Å². The number of fused-ring (bicyclic) bond motifs is 3. The zero-order valence-corrected chi connectivity index (χ0v) is 20.6. The Morgan fingerprint density at radius 1 is 0.971 bits per heavy atom. The van der Waals surface area contributed by atoms with Gasteiger partial charge in [-0.25, -0.2) is 4.79 Å². The van der Waals surface area contributed by atoms with Crippen LogP contribution in [0.15, 0.2) is 48.5 Å². The van der Waals surface area contributed by atoms with Crippen LogP contribution >= 0.6 is 11.8 Å². The maximum atomic E-state index is 12.8. The Morgan fingerprint density at radius 3 is 2.12 bits per heavy atom. The Morgan fingerprint density at radius 2 is 1.56 bits per heavy atom. The topological polar surface area (TPSA) is 105 Å². The van der Waals surface area contributed by atoms with Crippen LogP contribution < -0.4 is 10.6 Å². The van der Waals surface area contributed by atoms with Crippen LogP contribution in [-0.2, 0) is 14.3 Å². The monoisotopic (exact) mass is 484 g/mol. The molecule has 2 unspecified atom stereocenters. The first-order valence-electron chi connectivity index (χ1n) is 11.5. The van der Waals surface area contributed by atoms with Crippen molar-refractivity contribution in [3.05, 3.63) is 59.7 Å². The Hall–Kier alpha value is -3.00. The molecule has 34 heavy (non-hydrogen) atoms. The number of carboxylic acids is 1. The smallest absolute Gasteiger partial charge is 0.407 e. The summed E-state index contributed by atoms with van der Waals surface area (Å²) in [5.74, 6) is -0.820. The number of aliphatic carboxylic acids is 1. The van der Waals surface area contributed by atoms with Gasteiger partial charge in [0.2, 0.25) is 5.91 Å². The van der Waals surface area contributed by atoms with E-state index in [4.69, 9.17) is 9.84 Å². The molecular formula is C26H32N2O5S. The molecule has 0 bridgehead atoms. The lowest BCUT2D eigenvalue weighted by atomic mass is 9.98. The van der Waals surface area contributed by atoms with E-state index in [0.29, 0.717) is 5.25 Å².